The number of pyridine rings is 1. The minimum absolute atomic E-state index is 0.0666. The number of imidazole rings is 1. The van der Waals surface area contributed by atoms with Crippen LogP contribution in [0.5, 0.6) is 0 Å². The quantitative estimate of drug-likeness (QED) is 0.149. The molecule has 0 saturated carbocycles. The minimum Gasteiger partial charge on any atom is -0.475 e. The van der Waals surface area contributed by atoms with Gasteiger partial charge in [0.1, 0.15) is 10.8 Å². The summed E-state index contributed by atoms with van der Waals surface area (Å²) in [5, 5.41) is 24.2. The lowest BCUT2D eigenvalue weighted by molar-refractivity contribution is -0.193. The first-order valence-electron chi connectivity index (χ1n) is 16.6. The number of aromatic nitrogens is 5. The number of rotatable bonds is 5. The summed E-state index contributed by atoms with van der Waals surface area (Å²) in [6, 6.07) is 7.73. The van der Waals surface area contributed by atoms with Crippen LogP contribution in [0.15, 0.2) is 54.1 Å². The average molecular weight is 850 g/mol. The van der Waals surface area contributed by atoms with Gasteiger partial charge in [0, 0.05) is 50.3 Å². The van der Waals surface area contributed by atoms with Gasteiger partial charge in [-0.3, -0.25) is 9.78 Å². The molecule has 4 aromatic rings. The Bertz CT molecular complexity index is 2170. The molecule has 57 heavy (non-hydrogen) atoms. The maximum absolute atomic E-state index is 13.2. The first kappa shape index (κ1) is 44.2. The Morgan fingerprint density at radius 3 is 2.14 bits per heavy atom. The van der Waals surface area contributed by atoms with Crippen molar-refractivity contribution in [3.05, 3.63) is 71.0 Å². The second kappa shape index (κ2) is 18.1. The van der Waals surface area contributed by atoms with Crippen molar-refractivity contribution >= 4 is 68.3 Å². The summed E-state index contributed by atoms with van der Waals surface area (Å²) in [5.74, 6) is -4.04. The Morgan fingerprint density at radius 1 is 0.930 bits per heavy atom. The monoisotopic (exact) mass is 849 g/mol. The van der Waals surface area contributed by atoms with Crippen LogP contribution in [-0.4, -0.2) is 90.7 Å². The normalized spacial score (nSPS) is 14.7. The van der Waals surface area contributed by atoms with Gasteiger partial charge in [0.25, 0.3) is 10.0 Å². The third-order valence-corrected chi connectivity index (χ3v) is 10.4. The molecule has 6 bridgehead atoms. The van der Waals surface area contributed by atoms with Crippen molar-refractivity contribution < 1.29 is 59.4 Å². The molecule has 308 valence electrons. The van der Waals surface area contributed by atoms with Crippen LogP contribution in [0, 0.1) is 12.8 Å². The minimum atomic E-state index is -5.08. The van der Waals surface area contributed by atoms with Gasteiger partial charge in [-0.05, 0) is 73.9 Å². The molecule has 0 aliphatic carbocycles. The Labute approximate surface area is 325 Å². The maximum Gasteiger partial charge on any atom is 0.490 e. The number of anilines is 5. The fourth-order valence-electron chi connectivity index (χ4n) is 5.35. The van der Waals surface area contributed by atoms with Crippen LogP contribution in [0.25, 0.3) is 0 Å². The van der Waals surface area contributed by atoms with E-state index in [1.165, 1.54) is 10.5 Å². The van der Waals surface area contributed by atoms with E-state index in [9.17, 15) is 39.6 Å². The summed E-state index contributed by atoms with van der Waals surface area (Å²) >= 11 is 6.37. The number of fused-ring (bicyclic) bond motifs is 6. The van der Waals surface area contributed by atoms with Gasteiger partial charge in [0.2, 0.25) is 11.9 Å². The molecule has 1 saturated heterocycles. The van der Waals surface area contributed by atoms with Crippen molar-refractivity contribution in [2.24, 2.45) is 13.0 Å². The van der Waals surface area contributed by atoms with Crippen LogP contribution < -0.4 is 16.0 Å². The number of piperidine rings is 1. The highest BCUT2D eigenvalue weighted by Crippen LogP contribution is 2.31. The van der Waals surface area contributed by atoms with Crippen LogP contribution in [0.4, 0.5) is 55.2 Å². The molecule has 0 atom stereocenters. The van der Waals surface area contributed by atoms with Gasteiger partial charge >= 0.3 is 24.3 Å². The van der Waals surface area contributed by atoms with E-state index < -0.39 is 34.3 Å². The van der Waals surface area contributed by atoms with E-state index in [0.29, 0.717) is 67.8 Å². The van der Waals surface area contributed by atoms with Crippen LogP contribution in [0.1, 0.15) is 36.2 Å². The summed E-state index contributed by atoms with van der Waals surface area (Å²) in [6.07, 6.45) is -0.675. The zero-order valence-electron chi connectivity index (χ0n) is 29.8. The SMILES string of the molecule is Cc1nc(S(=O)(=O)N2CCC(CC(=O)Nc3ccc4cc3CCc3cncc(c3)Nc3ncc(Cl)c(n3)N4)CC2)cn1C.O=C(O)C(F)(F)F.O=C(O)C(F)(F)F. The van der Waals surface area contributed by atoms with E-state index in [1.807, 2.05) is 30.5 Å². The second-order valence-electron chi connectivity index (χ2n) is 12.5. The number of aryl methyl sites for hydroxylation is 4. The fourth-order valence-corrected chi connectivity index (χ4v) is 6.99. The molecule has 6 rings (SSSR count). The van der Waals surface area contributed by atoms with Gasteiger partial charge in [-0.15, -0.1) is 0 Å². The summed E-state index contributed by atoms with van der Waals surface area (Å²) in [6.45, 7) is 2.49. The number of aliphatic carboxylic acids is 2. The highest BCUT2D eigenvalue weighted by atomic mass is 35.5. The number of halogens is 7. The lowest BCUT2D eigenvalue weighted by Gasteiger charge is -2.30. The molecule has 0 spiro atoms. The smallest absolute Gasteiger partial charge is 0.475 e. The predicted molar refractivity (Wildman–Crippen MR) is 192 cm³/mol. The number of nitrogens with zero attached hydrogens (tertiary/aromatic N) is 6. The molecule has 24 heteroatoms. The van der Waals surface area contributed by atoms with Gasteiger partial charge in [0.05, 0.1) is 18.1 Å². The van der Waals surface area contributed by atoms with Crippen molar-refractivity contribution in [3.63, 3.8) is 0 Å². The van der Waals surface area contributed by atoms with E-state index >= 15 is 0 Å². The molecule has 1 fully saturated rings. The molecule has 2 aliphatic rings. The van der Waals surface area contributed by atoms with Crippen LogP contribution in [-0.2, 0) is 44.3 Å². The Kier molecular flexibility index (Phi) is 14.1. The van der Waals surface area contributed by atoms with Crippen LogP contribution in [0.3, 0.4) is 0 Å². The van der Waals surface area contributed by atoms with Crippen LogP contribution >= 0.6 is 11.6 Å². The van der Waals surface area contributed by atoms with E-state index in [2.05, 4.69) is 35.9 Å². The van der Waals surface area contributed by atoms with Crippen LogP contribution in [0.2, 0.25) is 5.02 Å². The molecule has 5 heterocycles. The van der Waals surface area contributed by atoms with E-state index in [1.54, 1.807) is 30.9 Å². The largest absolute Gasteiger partial charge is 0.490 e. The topological polar surface area (TPSA) is 222 Å². The zero-order chi connectivity index (χ0) is 42.3. The number of carbonyl (C=O) groups is 3. The number of amides is 1. The number of hydrogen-bond donors (Lipinski definition) is 5. The molecule has 1 amide bonds. The summed E-state index contributed by atoms with van der Waals surface area (Å²) in [5.41, 5.74) is 4.25. The lowest BCUT2D eigenvalue weighted by Crippen LogP contribution is -2.39. The predicted octanol–water partition coefficient (Wildman–Crippen LogP) is 5.85. The number of carboxylic acid groups (broad SMARTS) is 2. The first-order chi connectivity index (χ1) is 26.5. The third-order valence-electron chi connectivity index (χ3n) is 8.34. The summed E-state index contributed by atoms with van der Waals surface area (Å²) in [4.78, 5) is 48.3. The molecule has 1 aromatic carbocycles. The number of benzene rings is 1. The van der Waals surface area contributed by atoms with E-state index in [-0.39, 0.29) is 16.9 Å². The van der Waals surface area contributed by atoms with Crippen molar-refractivity contribution in [1.29, 1.82) is 0 Å². The highest BCUT2D eigenvalue weighted by molar-refractivity contribution is 7.89. The maximum atomic E-state index is 13.2. The highest BCUT2D eigenvalue weighted by Gasteiger charge is 2.39. The standard InChI is InChI=1S/C29H32ClN9O3S.2C2HF3O2/c1-18-33-27(17-38(18)2)43(41,42)39-9-7-19(8-10-39)12-26(40)36-25-6-5-22-13-21(25)4-3-20-11-23(15-31-14-20)35-29-32-16-24(30)28(34-22)37-29;2*3-2(4,5)1(6)7/h5-6,11,13-17,19H,3-4,7-10,12H2,1-2H3,(H,36,40)(H2,32,34,35,37);2*(H,6,7). The number of hydrogen-bond acceptors (Lipinski definition) is 11. The first-order valence-corrected chi connectivity index (χ1v) is 18.4. The Morgan fingerprint density at radius 2 is 1.56 bits per heavy atom. The zero-order valence-corrected chi connectivity index (χ0v) is 31.4. The Balaban J connectivity index is 0.000000440. The molecule has 16 nitrogen and oxygen atoms in total. The van der Waals surface area contributed by atoms with Gasteiger partial charge < -0.3 is 30.7 Å². The number of nitrogens with one attached hydrogen (secondary N) is 3. The lowest BCUT2D eigenvalue weighted by atomic mass is 9.94. The molecule has 0 radical (unpaired) electrons. The molecular weight excluding hydrogens is 816 g/mol. The number of alkyl halides is 6. The molecule has 5 N–H and O–H groups in total. The van der Waals surface area contributed by atoms with E-state index in [4.69, 9.17) is 31.4 Å². The van der Waals surface area contributed by atoms with Crippen molar-refractivity contribution in [1.82, 2.24) is 28.8 Å². The van der Waals surface area contributed by atoms with Gasteiger partial charge in [-0.25, -0.2) is 28.0 Å². The summed E-state index contributed by atoms with van der Waals surface area (Å²) < 4.78 is 92.7. The van der Waals surface area contributed by atoms with Gasteiger partial charge in [0.15, 0.2) is 10.8 Å². The second-order valence-corrected chi connectivity index (χ2v) is 14.8. The van der Waals surface area contributed by atoms with Gasteiger partial charge in [-0.1, -0.05) is 11.6 Å². The number of carboxylic acids is 2. The molecule has 0 unspecified atom stereocenters. The average Bonchev–Trinajstić information content (AvgIpc) is 3.47. The molecule has 3 aromatic heterocycles. The van der Waals surface area contributed by atoms with Crippen molar-refractivity contribution in [3.8, 4) is 0 Å². The molecular formula is C33H34ClF6N9O7S. The van der Waals surface area contributed by atoms with Crippen molar-refractivity contribution in [2.75, 3.05) is 29.0 Å². The Hall–Kier alpha value is -5.55. The third kappa shape index (κ3) is 12.5. The fraction of sp³-hybridized carbons (Fsp3) is 0.364. The molecule has 2 aliphatic heterocycles. The number of sulfonamides is 1. The van der Waals surface area contributed by atoms with E-state index in [0.717, 1.165) is 28.2 Å². The van der Waals surface area contributed by atoms with Gasteiger partial charge in [-0.2, -0.15) is 35.6 Å². The van der Waals surface area contributed by atoms with Crippen molar-refractivity contribution in [2.45, 2.75) is 56.4 Å². The summed E-state index contributed by atoms with van der Waals surface area (Å²) in [7, 11) is -1.88. The number of carbonyl (C=O) groups excluding carboxylic acids is 1.